The van der Waals surface area contributed by atoms with Crippen LogP contribution in [0.3, 0.4) is 0 Å². The van der Waals surface area contributed by atoms with Gasteiger partial charge >= 0.3 is 0 Å². The van der Waals surface area contributed by atoms with Crippen LogP contribution in [-0.2, 0) is 6.54 Å². The molecule has 0 amide bonds. The Morgan fingerprint density at radius 2 is 2.21 bits per heavy atom. The molecule has 0 unspecified atom stereocenters. The fourth-order valence-electron chi connectivity index (χ4n) is 1.30. The van der Waals surface area contributed by atoms with Gasteiger partial charge in [-0.2, -0.15) is 0 Å². The van der Waals surface area contributed by atoms with E-state index in [1.165, 1.54) is 15.3 Å². The zero-order valence-corrected chi connectivity index (χ0v) is 9.84. The van der Waals surface area contributed by atoms with Gasteiger partial charge in [0.15, 0.2) is 0 Å². The summed E-state index contributed by atoms with van der Waals surface area (Å²) in [6.07, 6.45) is 0. The minimum atomic E-state index is 0.590. The number of aryl methyl sites for hydroxylation is 2. The molecular weight excluding hydrogens is 212 g/mol. The molecule has 0 saturated heterocycles. The molecule has 74 valence electrons. The molecule has 0 bridgehead atoms. The van der Waals surface area contributed by atoms with Crippen LogP contribution in [0.15, 0.2) is 11.4 Å². The second kappa shape index (κ2) is 3.81. The van der Waals surface area contributed by atoms with E-state index in [0.717, 1.165) is 10.7 Å². The predicted octanol–water partition coefficient (Wildman–Crippen LogP) is 2.95. The molecule has 4 heteroatoms. The molecule has 2 rings (SSSR count). The van der Waals surface area contributed by atoms with Crippen LogP contribution in [0.25, 0.3) is 10.6 Å². The van der Waals surface area contributed by atoms with E-state index in [2.05, 4.69) is 23.4 Å². The molecular formula is C10H12N2S2. The molecule has 0 saturated carbocycles. The number of hydrogen-bond acceptors (Lipinski definition) is 4. The molecule has 14 heavy (non-hydrogen) atoms. The Bertz CT molecular complexity index is 443. The van der Waals surface area contributed by atoms with Crippen molar-refractivity contribution in [2.24, 2.45) is 5.73 Å². The Morgan fingerprint density at radius 1 is 1.43 bits per heavy atom. The summed E-state index contributed by atoms with van der Waals surface area (Å²) in [6.45, 7) is 4.71. The average Bonchev–Trinajstić information content (AvgIpc) is 2.71. The van der Waals surface area contributed by atoms with Gasteiger partial charge in [-0.1, -0.05) is 0 Å². The monoisotopic (exact) mass is 224 g/mol. The maximum atomic E-state index is 5.62. The first kappa shape index (κ1) is 9.83. The van der Waals surface area contributed by atoms with Crippen LogP contribution < -0.4 is 5.73 Å². The normalized spacial score (nSPS) is 10.8. The van der Waals surface area contributed by atoms with Crippen molar-refractivity contribution in [3.05, 3.63) is 26.9 Å². The molecule has 2 N–H and O–H groups in total. The lowest BCUT2D eigenvalue weighted by atomic mass is 10.3. The summed E-state index contributed by atoms with van der Waals surface area (Å²) >= 11 is 3.45. The number of nitrogens with zero attached hydrogens (tertiary/aromatic N) is 1. The van der Waals surface area contributed by atoms with E-state index in [1.807, 2.05) is 6.92 Å². The highest BCUT2D eigenvalue weighted by molar-refractivity contribution is 7.16. The SMILES string of the molecule is Cc1cc(-c2nc(C)c(CN)s2)cs1. The first-order valence-corrected chi connectivity index (χ1v) is 6.12. The number of thiazole rings is 1. The Kier molecular flexibility index (Phi) is 2.67. The lowest BCUT2D eigenvalue weighted by Crippen LogP contribution is -1.94. The van der Waals surface area contributed by atoms with E-state index in [-0.39, 0.29) is 0 Å². The van der Waals surface area contributed by atoms with Crippen molar-refractivity contribution in [1.29, 1.82) is 0 Å². The summed E-state index contributed by atoms with van der Waals surface area (Å²) in [7, 11) is 0. The van der Waals surface area contributed by atoms with Crippen molar-refractivity contribution < 1.29 is 0 Å². The summed E-state index contributed by atoms with van der Waals surface area (Å²) in [5.74, 6) is 0. The van der Waals surface area contributed by atoms with Crippen LogP contribution in [0, 0.1) is 13.8 Å². The van der Waals surface area contributed by atoms with E-state index in [4.69, 9.17) is 5.73 Å². The van der Waals surface area contributed by atoms with Gasteiger partial charge in [0.05, 0.1) is 5.69 Å². The van der Waals surface area contributed by atoms with Gasteiger partial charge in [0.1, 0.15) is 5.01 Å². The molecule has 0 aromatic carbocycles. The Labute approximate surface area is 91.4 Å². The third-order valence-electron chi connectivity index (χ3n) is 2.06. The largest absolute Gasteiger partial charge is 0.326 e. The van der Waals surface area contributed by atoms with E-state index in [1.54, 1.807) is 22.7 Å². The Balaban J connectivity index is 2.42. The molecule has 0 atom stereocenters. The Hall–Kier alpha value is -0.710. The molecule has 2 aromatic heterocycles. The quantitative estimate of drug-likeness (QED) is 0.851. The maximum Gasteiger partial charge on any atom is 0.124 e. The number of rotatable bonds is 2. The summed E-state index contributed by atoms with van der Waals surface area (Å²) in [6, 6.07) is 2.17. The highest BCUT2D eigenvalue weighted by Gasteiger charge is 2.08. The Morgan fingerprint density at radius 3 is 2.71 bits per heavy atom. The van der Waals surface area contributed by atoms with Crippen molar-refractivity contribution >= 4 is 22.7 Å². The third kappa shape index (κ3) is 1.73. The molecule has 0 aliphatic heterocycles. The van der Waals surface area contributed by atoms with E-state index in [0.29, 0.717) is 6.54 Å². The van der Waals surface area contributed by atoms with Crippen LogP contribution in [-0.4, -0.2) is 4.98 Å². The maximum absolute atomic E-state index is 5.62. The molecule has 0 spiro atoms. The van der Waals surface area contributed by atoms with Gasteiger partial charge in [0.25, 0.3) is 0 Å². The molecule has 2 heterocycles. The van der Waals surface area contributed by atoms with Gasteiger partial charge in [0, 0.05) is 27.2 Å². The molecule has 0 aliphatic carbocycles. The van der Waals surface area contributed by atoms with Gasteiger partial charge in [-0.05, 0) is 19.9 Å². The number of aromatic nitrogens is 1. The smallest absolute Gasteiger partial charge is 0.124 e. The summed E-state index contributed by atoms with van der Waals surface area (Å²) in [4.78, 5) is 7.02. The molecule has 0 aliphatic rings. The summed E-state index contributed by atoms with van der Waals surface area (Å²) < 4.78 is 0. The van der Waals surface area contributed by atoms with Crippen LogP contribution in [0.2, 0.25) is 0 Å². The molecule has 2 nitrogen and oxygen atoms in total. The van der Waals surface area contributed by atoms with E-state index >= 15 is 0 Å². The topological polar surface area (TPSA) is 38.9 Å². The lowest BCUT2D eigenvalue weighted by molar-refractivity contribution is 1.06. The van der Waals surface area contributed by atoms with Gasteiger partial charge in [-0.3, -0.25) is 0 Å². The van der Waals surface area contributed by atoms with Crippen LogP contribution in [0.5, 0.6) is 0 Å². The first-order chi connectivity index (χ1) is 6.70. The van der Waals surface area contributed by atoms with Crippen LogP contribution in [0.1, 0.15) is 15.4 Å². The molecule has 0 fully saturated rings. The van der Waals surface area contributed by atoms with Crippen molar-refractivity contribution in [3.63, 3.8) is 0 Å². The standard InChI is InChI=1S/C10H12N2S2/c1-6-3-8(5-13-6)10-12-7(2)9(4-11)14-10/h3,5H,4,11H2,1-2H3. The lowest BCUT2D eigenvalue weighted by Gasteiger charge is -1.86. The highest BCUT2D eigenvalue weighted by atomic mass is 32.1. The fourth-order valence-corrected chi connectivity index (χ4v) is 2.99. The fraction of sp³-hybridized carbons (Fsp3) is 0.300. The predicted molar refractivity (Wildman–Crippen MR) is 62.8 cm³/mol. The van der Waals surface area contributed by atoms with Crippen molar-refractivity contribution in [2.75, 3.05) is 0 Å². The molecule has 2 aromatic rings. The second-order valence-corrected chi connectivity index (χ2v) is 5.38. The minimum Gasteiger partial charge on any atom is -0.326 e. The highest BCUT2D eigenvalue weighted by Crippen LogP contribution is 2.30. The first-order valence-electron chi connectivity index (χ1n) is 4.42. The van der Waals surface area contributed by atoms with Gasteiger partial charge in [-0.25, -0.2) is 4.98 Å². The van der Waals surface area contributed by atoms with Crippen molar-refractivity contribution in [1.82, 2.24) is 4.98 Å². The summed E-state index contributed by atoms with van der Waals surface area (Å²) in [5, 5.41) is 3.24. The number of thiophene rings is 1. The number of nitrogens with two attached hydrogens (primary N) is 1. The van der Waals surface area contributed by atoms with Crippen molar-refractivity contribution in [2.45, 2.75) is 20.4 Å². The third-order valence-corrected chi connectivity index (χ3v) is 4.15. The van der Waals surface area contributed by atoms with Crippen LogP contribution >= 0.6 is 22.7 Å². The van der Waals surface area contributed by atoms with Gasteiger partial charge < -0.3 is 5.73 Å². The van der Waals surface area contributed by atoms with Gasteiger partial charge in [-0.15, -0.1) is 22.7 Å². The minimum absolute atomic E-state index is 0.590. The number of hydrogen-bond donors (Lipinski definition) is 1. The van der Waals surface area contributed by atoms with Gasteiger partial charge in [0.2, 0.25) is 0 Å². The van der Waals surface area contributed by atoms with E-state index < -0.39 is 0 Å². The summed E-state index contributed by atoms with van der Waals surface area (Å²) in [5.41, 5.74) is 7.91. The van der Waals surface area contributed by atoms with E-state index in [9.17, 15) is 0 Å². The average molecular weight is 224 g/mol. The second-order valence-electron chi connectivity index (χ2n) is 3.18. The molecule has 0 radical (unpaired) electrons. The van der Waals surface area contributed by atoms with Crippen molar-refractivity contribution in [3.8, 4) is 10.6 Å². The van der Waals surface area contributed by atoms with Crippen LogP contribution in [0.4, 0.5) is 0 Å². The zero-order valence-electron chi connectivity index (χ0n) is 8.20. The zero-order chi connectivity index (χ0) is 10.1.